The van der Waals surface area contributed by atoms with Crippen molar-refractivity contribution in [3.05, 3.63) is 23.3 Å². The summed E-state index contributed by atoms with van der Waals surface area (Å²) in [5.41, 5.74) is 2.96. The molecule has 1 rings (SSSR count). The molecule has 1 heteroatoms. The van der Waals surface area contributed by atoms with Crippen LogP contribution >= 0.6 is 0 Å². The first-order valence-corrected chi connectivity index (χ1v) is 6.33. The van der Waals surface area contributed by atoms with E-state index >= 15 is 0 Å². The first kappa shape index (κ1) is 13.5. The number of hydrogen-bond acceptors (Lipinski definition) is 1. The van der Waals surface area contributed by atoms with Crippen molar-refractivity contribution >= 4 is 0 Å². The molecule has 16 heavy (non-hydrogen) atoms. The van der Waals surface area contributed by atoms with Gasteiger partial charge >= 0.3 is 0 Å². The van der Waals surface area contributed by atoms with Gasteiger partial charge in [0.15, 0.2) is 0 Å². The Hall–Kier alpha value is -0.560. The molecule has 0 bridgehead atoms. The highest BCUT2D eigenvalue weighted by atomic mass is 16.3. The summed E-state index contributed by atoms with van der Waals surface area (Å²) in [7, 11) is 0. The molecule has 1 nitrogen and oxygen atoms in total. The summed E-state index contributed by atoms with van der Waals surface area (Å²) in [4.78, 5) is 0. The smallest absolute Gasteiger partial charge is 0.0923 e. The zero-order valence-electron chi connectivity index (χ0n) is 11.4. The fourth-order valence-corrected chi connectivity index (χ4v) is 2.89. The Morgan fingerprint density at radius 1 is 1.44 bits per heavy atom. The zero-order valence-corrected chi connectivity index (χ0v) is 11.4. The van der Waals surface area contributed by atoms with Gasteiger partial charge in [0, 0.05) is 5.92 Å². The standard InChI is InChI=1S/C15H26O/c1-10(2)13(6)15(16)9-12(5)7-8-14(15)11(3)4/h12-13,16H,1,7-9H2,2-6H3/t12-,13-,15+/m1/s1. The van der Waals surface area contributed by atoms with Crippen molar-refractivity contribution < 1.29 is 5.11 Å². The van der Waals surface area contributed by atoms with Crippen LogP contribution in [0.3, 0.4) is 0 Å². The monoisotopic (exact) mass is 222 g/mol. The molecular weight excluding hydrogens is 196 g/mol. The summed E-state index contributed by atoms with van der Waals surface area (Å²) in [5, 5.41) is 11.0. The molecule has 0 aromatic carbocycles. The molecule has 1 aliphatic carbocycles. The maximum atomic E-state index is 11.0. The van der Waals surface area contributed by atoms with Crippen molar-refractivity contribution in [2.24, 2.45) is 11.8 Å². The van der Waals surface area contributed by atoms with Crippen LogP contribution in [0.5, 0.6) is 0 Å². The predicted octanol–water partition coefficient (Wildman–Crippen LogP) is 4.09. The molecule has 0 radical (unpaired) electrons. The Balaban J connectivity index is 3.12. The molecule has 1 aliphatic rings. The highest BCUT2D eigenvalue weighted by Crippen LogP contribution is 2.44. The fraction of sp³-hybridized carbons (Fsp3) is 0.733. The van der Waals surface area contributed by atoms with Crippen LogP contribution in [0.1, 0.15) is 53.9 Å². The van der Waals surface area contributed by atoms with Gasteiger partial charge in [0.1, 0.15) is 0 Å². The molecule has 0 aliphatic heterocycles. The molecular formula is C15H26O. The molecule has 0 aromatic heterocycles. The number of rotatable bonds is 2. The summed E-state index contributed by atoms with van der Waals surface area (Å²) in [6, 6.07) is 0. The van der Waals surface area contributed by atoms with Gasteiger partial charge in [-0.1, -0.05) is 31.6 Å². The van der Waals surface area contributed by atoms with Gasteiger partial charge in [0.2, 0.25) is 0 Å². The van der Waals surface area contributed by atoms with Gasteiger partial charge < -0.3 is 5.11 Å². The van der Waals surface area contributed by atoms with E-state index in [4.69, 9.17) is 0 Å². The SMILES string of the molecule is C=C(C)[C@@H](C)[C@@]1(O)C[C@H](C)CCC1=C(C)C. The van der Waals surface area contributed by atoms with E-state index in [9.17, 15) is 5.11 Å². The minimum Gasteiger partial charge on any atom is -0.385 e. The van der Waals surface area contributed by atoms with Gasteiger partial charge in [-0.3, -0.25) is 0 Å². The average Bonchev–Trinajstić information content (AvgIpc) is 2.15. The normalized spacial score (nSPS) is 32.4. The Labute approximate surface area is 100 Å². The lowest BCUT2D eigenvalue weighted by molar-refractivity contribution is -0.00185. The van der Waals surface area contributed by atoms with Crippen molar-refractivity contribution in [3.8, 4) is 0 Å². The summed E-state index contributed by atoms with van der Waals surface area (Å²) in [6.45, 7) is 14.6. The van der Waals surface area contributed by atoms with Crippen molar-refractivity contribution in [1.82, 2.24) is 0 Å². The third kappa shape index (κ3) is 2.40. The van der Waals surface area contributed by atoms with Crippen molar-refractivity contribution in [3.63, 3.8) is 0 Å². The van der Waals surface area contributed by atoms with E-state index in [2.05, 4.69) is 34.3 Å². The average molecular weight is 222 g/mol. The van der Waals surface area contributed by atoms with Crippen LogP contribution < -0.4 is 0 Å². The minimum atomic E-state index is -0.650. The zero-order chi connectivity index (χ0) is 12.5. The van der Waals surface area contributed by atoms with Gasteiger partial charge in [-0.25, -0.2) is 0 Å². The van der Waals surface area contributed by atoms with Crippen molar-refractivity contribution in [1.29, 1.82) is 0 Å². The quantitative estimate of drug-likeness (QED) is 0.698. The molecule has 0 unspecified atom stereocenters. The summed E-state index contributed by atoms with van der Waals surface area (Å²) in [6.07, 6.45) is 3.12. The highest BCUT2D eigenvalue weighted by Gasteiger charge is 2.42. The lowest BCUT2D eigenvalue weighted by atomic mass is 9.66. The highest BCUT2D eigenvalue weighted by molar-refractivity contribution is 5.28. The van der Waals surface area contributed by atoms with Crippen LogP contribution in [0.25, 0.3) is 0 Å². The molecule has 92 valence electrons. The topological polar surface area (TPSA) is 20.2 Å². The molecule has 0 amide bonds. The Morgan fingerprint density at radius 3 is 2.44 bits per heavy atom. The van der Waals surface area contributed by atoms with Gasteiger partial charge in [0.05, 0.1) is 5.60 Å². The lowest BCUT2D eigenvalue weighted by Crippen LogP contribution is -2.43. The van der Waals surface area contributed by atoms with E-state index in [0.717, 1.165) is 18.4 Å². The molecule has 0 heterocycles. The first-order valence-electron chi connectivity index (χ1n) is 6.33. The second-order valence-corrected chi connectivity index (χ2v) is 5.82. The van der Waals surface area contributed by atoms with Crippen LogP contribution in [-0.2, 0) is 0 Å². The van der Waals surface area contributed by atoms with E-state index < -0.39 is 5.60 Å². The number of hydrogen-bond donors (Lipinski definition) is 1. The number of aliphatic hydroxyl groups is 1. The lowest BCUT2D eigenvalue weighted by Gasteiger charge is -2.43. The van der Waals surface area contributed by atoms with Crippen LogP contribution in [-0.4, -0.2) is 10.7 Å². The van der Waals surface area contributed by atoms with E-state index in [-0.39, 0.29) is 5.92 Å². The van der Waals surface area contributed by atoms with E-state index in [1.807, 2.05) is 6.92 Å². The largest absolute Gasteiger partial charge is 0.385 e. The van der Waals surface area contributed by atoms with E-state index in [0.29, 0.717) is 5.92 Å². The van der Waals surface area contributed by atoms with Gasteiger partial charge in [-0.05, 0) is 51.5 Å². The Morgan fingerprint density at radius 2 is 2.00 bits per heavy atom. The second-order valence-electron chi connectivity index (χ2n) is 5.82. The maximum Gasteiger partial charge on any atom is 0.0923 e. The maximum absolute atomic E-state index is 11.0. The molecule has 0 aromatic rings. The van der Waals surface area contributed by atoms with Crippen LogP contribution in [0.15, 0.2) is 23.3 Å². The molecule has 1 saturated carbocycles. The molecule has 1 fully saturated rings. The second kappa shape index (κ2) is 4.75. The van der Waals surface area contributed by atoms with Crippen molar-refractivity contribution in [2.75, 3.05) is 0 Å². The van der Waals surface area contributed by atoms with E-state index in [1.54, 1.807) is 0 Å². The summed E-state index contributed by atoms with van der Waals surface area (Å²) < 4.78 is 0. The molecule has 3 atom stereocenters. The number of allylic oxidation sites excluding steroid dienone is 1. The molecule has 0 spiro atoms. The van der Waals surface area contributed by atoms with Crippen LogP contribution in [0.2, 0.25) is 0 Å². The molecule has 1 N–H and O–H groups in total. The fourth-order valence-electron chi connectivity index (χ4n) is 2.89. The van der Waals surface area contributed by atoms with Gasteiger partial charge in [-0.2, -0.15) is 0 Å². The van der Waals surface area contributed by atoms with Crippen LogP contribution in [0.4, 0.5) is 0 Å². The minimum absolute atomic E-state index is 0.153. The van der Waals surface area contributed by atoms with Crippen molar-refractivity contribution in [2.45, 2.75) is 59.5 Å². The third-order valence-electron chi connectivity index (χ3n) is 4.13. The van der Waals surface area contributed by atoms with E-state index in [1.165, 1.54) is 17.6 Å². The predicted molar refractivity (Wildman–Crippen MR) is 70.3 cm³/mol. The summed E-state index contributed by atoms with van der Waals surface area (Å²) >= 11 is 0. The third-order valence-corrected chi connectivity index (χ3v) is 4.13. The van der Waals surface area contributed by atoms with Gasteiger partial charge in [0.25, 0.3) is 0 Å². The first-order chi connectivity index (χ1) is 7.29. The van der Waals surface area contributed by atoms with Gasteiger partial charge in [-0.15, -0.1) is 0 Å². The summed E-state index contributed by atoms with van der Waals surface area (Å²) in [5.74, 6) is 0.759. The molecule has 0 saturated heterocycles. The Kier molecular flexibility index (Phi) is 4.01. The van der Waals surface area contributed by atoms with Crippen LogP contribution in [0, 0.1) is 11.8 Å². The Bertz CT molecular complexity index is 309.